The zero-order chi connectivity index (χ0) is 8.97. The molecule has 0 aromatic carbocycles. The first-order chi connectivity index (χ1) is 5.74. The standard InChI is InChI=1S/C9H12N2O/c1-2-8(12)5-7-6-11-4-3-9(7)10/h3-4,6H,2,5H2,1H3,(H2,10,11). The summed E-state index contributed by atoms with van der Waals surface area (Å²) in [6.45, 7) is 1.84. The van der Waals surface area contributed by atoms with Crippen molar-refractivity contribution in [1.82, 2.24) is 4.98 Å². The molecule has 0 amide bonds. The lowest BCUT2D eigenvalue weighted by molar-refractivity contribution is -0.118. The van der Waals surface area contributed by atoms with Gasteiger partial charge in [0, 0.05) is 36.5 Å². The third kappa shape index (κ3) is 2.05. The third-order valence-corrected chi connectivity index (χ3v) is 1.72. The van der Waals surface area contributed by atoms with E-state index in [9.17, 15) is 4.79 Å². The van der Waals surface area contributed by atoms with E-state index in [1.807, 2.05) is 6.92 Å². The van der Waals surface area contributed by atoms with Crippen LogP contribution in [0.3, 0.4) is 0 Å². The molecule has 3 heteroatoms. The summed E-state index contributed by atoms with van der Waals surface area (Å²) >= 11 is 0. The van der Waals surface area contributed by atoms with Gasteiger partial charge in [-0.2, -0.15) is 0 Å². The predicted molar refractivity (Wildman–Crippen MR) is 47.7 cm³/mol. The van der Waals surface area contributed by atoms with E-state index in [1.165, 1.54) is 0 Å². The van der Waals surface area contributed by atoms with Gasteiger partial charge in [-0.1, -0.05) is 6.92 Å². The van der Waals surface area contributed by atoms with Crippen LogP contribution in [-0.4, -0.2) is 10.8 Å². The van der Waals surface area contributed by atoms with Gasteiger partial charge in [0.1, 0.15) is 5.78 Å². The summed E-state index contributed by atoms with van der Waals surface area (Å²) in [6, 6.07) is 1.71. The quantitative estimate of drug-likeness (QED) is 0.730. The van der Waals surface area contributed by atoms with E-state index in [0.29, 0.717) is 18.5 Å². The van der Waals surface area contributed by atoms with E-state index in [-0.39, 0.29) is 5.78 Å². The molecular weight excluding hydrogens is 152 g/mol. The van der Waals surface area contributed by atoms with Gasteiger partial charge in [-0.05, 0) is 6.07 Å². The first-order valence-electron chi connectivity index (χ1n) is 3.94. The second-order valence-electron chi connectivity index (χ2n) is 2.64. The molecule has 12 heavy (non-hydrogen) atoms. The Bertz CT molecular complexity index is 284. The largest absolute Gasteiger partial charge is 0.398 e. The minimum atomic E-state index is 0.190. The molecule has 3 nitrogen and oxygen atoms in total. The summed E-state index contributed by atoms with van der Waals surface area (Å²) in [4.78, 5) is 15.0. The number of hydrogen-bond donors (Lipinski definition) is 1. The van der Waals surface area contributed by atoms with Crippen LogP contribution >= 0.6 is 0 Å². The van der Waals surface area contributed by atoms with Crippen LogP contribution in [0.5, 0.6) is 0 Å². The zero-order valence-corrected chi connectivity index (χ0v) is 7.08. The van der Waals surface area contributed by atoms with Gasteiger partial charge < -0.3 is 5.73 Å². The lowest BCUT2D eigenvalue weighted by Gasteiger charge is -2.01. The van der Waals surface area contributed by atoms with Gasteiger partial charge in [-0.3, -0.25) is 9.78 Å². The number of nitrogens with two attached hydrogens (primary N) is 1. The molecule has 0 saturated carbocycles. The van der Waals surface area contributed by atoms with Crippen LogP contribution in [0.25, 0.3) is 0 Å². The number of nitrogens with zero attached hydrogens (tertiary/aromatic N) is 1. The molecule has 1 rings (SSSR count). The fourth-order valence-corrected chi connectivity index (χ4v) is 0.923. The lowest BCUT2D eigenvalue weighted by atomic mass is 10.1. The van der Waals surface area contributed by atoms with E-state index in [0.717, 1.165) is 5.56 Å². The second-order valence-corrected chi connectivity index (χ2v) is 2.64. The van der Waals surface area contributed by atoms with E-state index in [1.54, 1.807) is 18.5 Å². The number of anilines is 1. The summed E-state index contributed by atoms with van der Waals surface area (Å²) in [6.07, 6.45) is 4.21. The van der Waals surface area contributed by atoms with E-state index in [2.05, 4.69) is 4.98 Å². The Balaban J connectivity index is 2.75. The molecule has 1 heterocycles. The first kappa shape index (κ1) is 8.71. The van der Waals surface area contributed by atoms with Gasteiger partial charge in [-0.15, -0.1) is 0 Å². The molecule has 0 aliphatic rings. The maximum atomic E-state index is 11.1. The Hall–Kier alpha value is -1.38. The Morgan fingerprint density at radius 3 is 3.00 bits per heavy atom. The number of aromatic nitrogens is 1. The minimum Gasteiger partial charge on any atom is -0.398 e. The Morgan fingerprint density at radius 1 is 1.67 bits per heavy atom. The molecule has 1 aromatic heterocycles. The predicted octanol–water partition coefficient (Wildman–Crippen LogP) is 1.19. The van der Waals surface area contributed by atoms with Crippen molar-refractivity contribution in [3.63, 3.8) is 0 Å². The van der Waals surface area contributed by atoms with E-state index >= 15 is 0 Å². The first-order valence-corrected chi connectivity index (χ1v) is 3.94. The van der Waals surface area contributed by atoms with Crippen LogP contribution in [0, 0.1) is 0 Å². The van der Waals surface area contributed by atoms with Crippen molar-refractivity contribution in [1.29, 1.82) is 0 Å². The average molecular weight is 164 g/mol. The molecule has 0 aliphatic carbocycles. The van der Waals surface area contributed by atoms with Gasteiger partial charge in [0.15, 0.2) is 0 Å². The third-order valence-electron chi connectivity index (χ3n) is 1.72. The van der Waals surface area contributed by atoms with Crippen molar-refractivity contribution in [2.75, 3.05) is 5.73 Å². The molecule has 1 aromatic rings. The number of ketones is 1. The van der Waals surface area contributed by atoms with E-state index < -0.39 is 0 Å². The van der Waals surface area contributed by atoms with Crippen molar-refractivity contribution in [2.45, 2.75) is 19.8 Å². The Kier molecular flexibility index (Phi) is 2.80. The van der Waals surface area contributed by atoms with Crippen LogP contribution in [0.15, 0.2) is 18.5 Å². The second kappa shape index (κ2) is 3.85. The molecule has 0 atom stereocenters. The van der Waals surface area contributed by atoms with Crippen LogP contribution in [0.1, 0.15) is 18.9 Å². The van der Waals surface area contributed by atoms with Gasteiger partial charge in [-0.25, -0.2) is 0 Å². The molecule has 0 unspecified atom stereocenters. The fourth-order valence-electron chi connectivity index (χ4n) is 0.923. The molecule has 0 fully saturated rings. The minimum absolute atomic E-state index is 0.190. The number of carbonyl (C=O) groups is 1. The maximum Gasteiger partial charge on any atom is 0.137 e. The summed E-state index contributed by atoms with van der Waals surface area (Å²) in [5.41, 5.74) is 7.10. The number of hydrogen-bond acceptors (Lipinski definition) is 3. The average Bonchev–Trinajstić information content (AvgIpc) is 2.09. The number of pyridine rings is 1. The number of carbonyl (C=O) groups excluding carboxylic acids is 1. The molecular formula is C9H12N2O. The van der Waals surface area contributed by atoms with Gasteiger partial charge in [0.05, 0.1) is 0 Å². The fraction of sp³-hybridized carbons (Fsp3) is 0.333. The molecule has 0 radical (unpaired) electrons. The van der Waals surface area contributed by atoms with Gasteiger partial charge in [0.2, 0.25) is 0 Å². The molecule has 0 saturated heterocycles. The molecule has 0 bridgehead atoms. The van der Waals surface area contributed by atoms with Crippen LogP contribution in [0.2, 0.25) is 0 Å². The monoisotopic (exact) mass is 164 g/mol. The highest BCUT2D eigenvalue weighted by Gasteiger charge is 2.03. The smallest absolute Gasteiger partial charge is 0.137 e. The normalized spacial score (nSPS) is 9.75. The van der Waals surface area contributed by atoms with Crippen molar-refractivity contribution in [3.8, 4) is 0 Å². The lowest BCUT2D eigenvalue weighted by Crippen LogP contribution is -2.03. The molecule has 0 spiro atoms. The summed E-state index contributed by atoms with van der Waals surface area (Å²) in [5, 5.41) is 0. The number of Topliss-reactive ketones (excluding diaryl/α,β-unsaturated/α-hetero) is 1. The highest BCUT2D eigenvalue weighted by molar-refractivity contribution is 5.81. The summed E-state index contributed by atoms with van der Waals surface area (Å²) in [7, 11) is 0. The number of nitrogen functional groups attached to an aromatic ring is 1. The van der Waals surface area contributed by atoms with Crippen molar-refractivity contribution in [2.24, 2.45) is 0 Å². The number of rotatable bonds is 3. The van der Waals surface area contributed by atoms with Gasteiger partial charge in [0.25, 0.3) is 0 Å². The summed E-state index contributed by atoms with van der Waals surface area (Å²) < 4.78 is 0. The van der Waals surface area contributed by atoms with Crippen LogP contribution in [-0.2, 0) is 11.2 Å². The highest BCUT2D eigenvalue weighted by Crippen LogP contribution is 2.09. The van der Waals surface area contributed by atoms with Crippen LogP contribution < -0.4 is 5.73 Å². The molecule has 2 N–H and O–H groups in total. The maximum absolute atomic E-state index is 11.1. The topological polar surface area (TPSA) is 56.0 Å². The Morgan fingerprint density at radius 2 is 2.42 bits per heavy atom. The van der Waals surface area contributed by atoms with Gasteiger partial charge >= 0.3 is 0 Å². The zero-order valence-electron chi connectivity index (χ0n) is 7.08. The highest BCUT2D eigenvalue weighted by atomic mass is 16.1. The molecule has 0 aliphatic heterocycles. The summed E-state index contributed by atoms with van der Waals surface area (Å²) in [5.74, 6) is 0.190. The molecule has 64 valence electrons. The SMILES string of the molecule is CCC(=O)Cc1cnccc1N. The Labute approximate surface area is 71.6 Å². The van der Waals surface area contributed by atoms with Crippen molar-refractivity contribution in [3.05, 3.63) is 24.0 Å². The van der Waals surface area contributed by atoms with Crippen molar-refractivity contribution < 1.29 is 4.79 Å². The van der Waals surface area contributed by atoms with Crippen molar-refractivity contribution >= 4 is 11.5 Å². The van der Waals surface area contributed by atoms with E-state index in [4.69, 9.17) is 5.73 Å². The van der Waals surface area contributed by atoms with Crippen LogP contribution in [0.4, 0.5) is 5.69 Å².